The van der Waals surface area contributed by atoms with Crippen LogP contribution in [0.3, 0.4) is 0 Å². The molecule has 78 valence electrons. The van der Waals surface area contributed by atoms with Gasteiger partial charge < -0.3 is 5.32 Å². The van der Waals surface area contributed by atoms with Gasteiger partial charge in [0.15, 0.2) is 0 Å². The molecule has 1 aromatic carbocycles. The van der Waals surface area contributed by atoms with Gasteiger partial charge in [0.25, 0.3) is 0 Å². The highest BCUT2D eigenvalue weighted by Gasteiger charge is 2.02. The Hall–Kier alpha value is -0.470. The lowest BCUT2D eigenvalue weighted by Crippen LogP contribution is -2.22. The summed E-state index contributed by atoms with van der Waals surface area (Å²) in [4.78, 5) is 1.39. The molecule has 14 heavy (non-hydrogen) atoms. The molecule has 0 spiro atoms. The Labute approximate surface area is 91.3 Å². The number of hydrogen-bond acceptors (Lipinski definition) is 2. The molecule has 1 N–H and O–H groups in total. The summed E-state index contributed by atoms with van der Waals surface area (Å²) in [6.45, 7) is 7.45. The normalized spacial score (nSPS) is 10.9. The van der Waals surface area contributed by atoms with Crippen LogP contribution in [0.1, 0.15) is 25.0 Å². The van der Waals surface area contributed by atoms with E-state index >= 15 is 0 Å². The van der Waals surface area contributed by atoms with E-state index in [-0.39, 0.29) is 0 Å². The van der Waals surface area contributed by atoms with Crippen LogP contribution >= 0.6 is 11.8 Å². The van der Waals surface area contributed by atoms with Gasteiger partial charge in [-0.3, -0.25) is 0 Å². The molecule has 0 bridgehead atoms. The average Bonchev–Trinajstić information content (AvgIpc) is 2.15. The first-order valence-electron chi connectivity index (χ1n) is 5.00. The fourth-order valence-electron chi connectivity index (χ4n) is 1.31. The lowest BCUT2D eigenvalue weighted by Gasteiger charge is -2.11. The molecule has 0 heterocycles. The van der Waals surface area contributed by atoms with E-state index in [1.807, 2.05) is 11.8 Å². The second-order valence-corrected chi connectivity index (χ2v) is 4.70. The molecule has 0 aromatic heterocycles. The van der Waals surface area contributed by atoms with Crippen LogP contribution in [0, 0.1) is 6.92 Å². The van der Waals surface area contributed by atoms with Crippen molar-refractivity contribution in [2.45, 2.75) is 38.3 Å². The maximum Gasteiger partial charge on any atom is 0.0218 e. The van der Waals surface area contributed by atoms with Gasteiger partial charge in [-0.25, -0.2) is 0 Å². The average molecular weight is 209 g/mol. The molecule has 0 aliphatic rings. The van der Waals surface area contributed by atoms with Crippen LogP contribution in [0.25, 0.3) is 0 Å². The van der Waals surface area contributed by atoms with Gasteiger partial charge in [-0.1, -0.05) is 26.0 Å². The van der Waals surface area contributed by atoms with Crippen LogP contribution in [-0.2, 0) is 6.54 Å². The zero-order chi connectivity index (χ0) is 10.6. The Kier molecular flexibility index (Phi) is 4.49. The minimum Gasteiger partial charge on any atom is -0.310 e. The molecule has 1 nitrogen and oxygen atoms in total. The Morgan fingerprint density at radius 3 is 2.64 bits per heavy atom. The summed E-state index contributed by atoms with van der Waals surface area (Å²) in [6.07, 6.45) is 2.13. The Bertz CT molecular complexity index is 294. The van der Waals surface area contributed by atoms with Gasteiger partial charge in [0.1, 0.15) is 0 Å². The highest BCUT2D eigenvalue weighted by atomic mass is 32.2. The molecule has 2 heteroatoms. The molecule has 0 aliphatic heterocycles. The highest BCUT2D eigenvalue weighted by molar-refractivity contribution is 7.98. The SMILES string of the molecule is CSc1cc(C)ccc1CNC(C)C. The van der Waals surface area contributed by atoms with Crippen LogP contribution in [-0.4, -0.2) is 12.3 Å². The van der Waals surface area contributed by atoms with Crippen molar-refractivity contribution in [1.82, 2.24) is 5.32 Å². The van der Waals surface area contributed by atoms with E-state index in [1.165, 1.54) is 16.0 Å². The van der Waals surface area contributed by atoms with Crippen molar-refractivity contribution in [3.05, 3.63) is 29.3 Å². The number of nitrogens with one attached hydrogen (secondary N) is 1. The smallest absolute Gasteiger partial charge is 0.0218 e. The molecule has 0 saturated heterocycles. The molecule has 1 rings (SSSR count). The van der Waals surface area contributed by atoms with Gasteiger partial charge in [0.2, 0.25) is 0 Å². The third kappa shape index (κ3) is 3.35. The fourth-order valence-corrected chi connectivity index (χ4v) is 2.02. The van der Waals surface area contributed by atoms with Gasteiger partial charge in [-0.2, -0.15) is 0 Å². The van der Waals surface area contributed by atoms with E-state index < -0.39 is 0 Å². The minimum atomic E-state index is 0.547. The van der Waals surface area contributed by atoms with E-state index in [0.717, 1.165) is 6.54 Å². The second kappa shape index (κ2) is 5.42. The van der Waals surface area contributed by atoms with Gasteiger partial charge in [0, 0.05) is 17.5 Å². The predicted octanol–water partition coefficient (Wildman–Crippen LogP) is 3.21. The van der Waals surface area contributed by atoms with Crippen molar-refractivity contribution >= 4 is 11.8 Å². The van der Waals surface area contributed by atoms with Crippen LogP contribution in [0.2, 0.25) is 0 Å². The lowest BCUT2D eigenvalue weighted by molar-refractivity contribution is 0.584. The Morgan fingerprint density at radius 1 is 1.36 bits per heavy atom. The molecular weight excluding hydrogens is 190 g/mol. The quantitative estimate of drug-likeness (QED) is 0.764. The standard InChI is InChI=1S/C12H19NS/c1-9(2)13-8-11-6-5-10(3)7-12(11)14-4/h5-7,9,13H,8H2,1-4H3. The first kappa shape index (κ1) is 11.6. The zero-order valence-corrected chi connectivity index (χ0v) is 10.2. The maximum absolute atomic E-state index is 3.44. The minimum absolute atomic E-state index is 0.547. The van der Waals surface area contributed by atoms with E-state index in [2.05, 4.69) is 50.5 Å². The number of rotatable bonds is 4. The number of hydrogen-bond donors (Lipinski definition) is 1. The van der Waals surface area contributed by atoms with Crippen LogP contribution in [0.15, 0.2) is 23.1 Å². The van der Waals surface area contributed by atoms with Crippen molar-refractivity contribution in [2.24, 2.45) is 0 Å². The Balaban J connectivity index is 2.75. The molecule has 1 aromatic rings. The predicted molar refractivity (Wildman–Crippen MR) is 64.9 cm³/mol. The van der Waals surface area contributed by atoms with Gasteiger partial charge >= 0.3 is 0 Å². The first-order chi connectivity index (χ1) is 6.63. The molecular formula is C12H19NS. The second-order valence-electron chi connectivity index (χ2n) is 3.85. The number of thioether (sulfide) groups is 1. The molecule has 0 unspecified atom stereocenters. The van der Waals surface area contributed by atoms with Crippen LogP contribution in [0.4, 0.5) is 0 Å². The summed E-state index contributed by atoms with van der Waals surface area (Å²) >= 11 is 1.82. The van der Waals surface area contributed by atoms with Crippen molar-refractivity contribution in [2.75, 3.05) is 6.26 Å². The highest BCUT2D eigenvalue weighted by Crippen LogP contribution is 2.21. The molecule has 0 atom stereocenters. The van der Waals surface area contributed by atoms with E-state index in [4.69, 9.17) is 0 Å². The summed E-state index contributed by atoms with van der Waals surface area (Å²) < 4.78 is 0. The van der Waals surface area contributed by atoms with Gasteiger partial charge in [0.05, 0.1) is 0 Å². The maximum atomic E-state index is 3.44. The van der Waals surface area contributed by atoms with E-state index in [0.29, 0.717) is 6.04 Å². The zero-order valence-electron chi connectivity index (χ0n) is 9.42. The van der Waals surface area contributed by atoms with Crippen LogP contribution < -0.4 is 5.32 Å². The van der Waals surface area contributed by atoms with Crippen molar-refractivity contribution in [3.63, 3.8) is 0 Å². The van der Waals surface area contributed by atoms with Crippen molar-refractivity contribution in [1.29, 1.82) is 0 Å². The van der Waals surface area contributed by atoms with Gasteiger partial charge in [-0.05, 0) is 30.4 Å². The summed E-state index contributed by atoms with van der Waals surface area (Å²) in [5.74, 6) is 0. The van der Waals surface area contributed by atoms with Crippen molar-refractivity contribution in [3.8, 4) is 0 Å². The van der Waals surface area contributed by atoms with E-state index in [1.54, 1.807) is 0 Å². The molecule has 0 amide bonds. The van der Waals surface area contributed by atoms with Crippen LogP contribution in [0.5, 0.6) is 0 Å². The molecule has 0 radical (unpaired) electrons. The summed E-state index contributed by atoms with van der Waals surface area (Å²) in [7, 11) is 0. The molecule has 0 saturated carbocycles. The largest absolute Gasteiger partial charge is 0.310 e. The summed E-state index contributed by atoms with van der Waals surface area (Å²) in [6, 6.07) is 7.20. The molecule has 0 aliphatic carbocycles. The van der Waals surface area contributed by atoms with Crippen molar-refractivity contribution < 1.29 is 0 Å². The number of benzene rings is 1. The lowest BCUT2D eigenvalue weighted by atomic mass is 10.1. The monoisotopic (exact) mass is 209 g/mol. The number of aryl methyl sites for hydroxylation is 1. The summed E-state index contributed by atoms with van der Waals surface area (Å²) in [5.41, 5.74) is 2.74. The fraction of sp³-hybridized carbons (Fsp3) is 0.500. The summed E-state index contributed by atoms with van der Waals surface area (Å²) in [5, 5.41) is 3.44. The Morgan fingerprint density at radius 2 is 2.07 bits per heavy atom. The third-order valence-corrected chi connectivity index (χ3v) is 2.96. The third-order valence-electron chi connectivity index (χ3n) is 2.14. The first-order valence-corrected chi connectivity index (χ1v) is 6.23. The topological polar surface area (TPSA) is 12.0 Å². The van der Waals surface area contributed by atoms with E-state index in [9.17, 15) is 0 Å². The van der Waals surface area contributed by atoms with Gasteiger partial charge in [-0.15, -0.1) is 11.8 Å². The molecule has 0 fully saturated rings.